The number of aromatic nitrogens is 5. The monoisotopic (exact) mass is 373 g/mol. The van der Waals surface area contributed by atoms with Crippen molar-refractivity contribution in [3.63, 3.8) is 0 Å². The maximum absolute atomic E-state index is 13.4. The zero-order valence-corrected chi connectivity index (χ0v) is 15.1. The average molecular weight is 373 g/mol. The highest BCUT2D eigenvalue weighted by Crippen LogP contribution is 2.31. The van der Waals surface area contributed by atoms with E-state index in [4.69, 9.17) is 4.74 Å². The highest BCUT2D eigenvalue weighted by atomic mass is 19.1. The molecular formula is C21H16FN5O. The second kappa shape index (κ2) is 6.45. The largest absolute Gasteiger partial charge is 0.472 e. The van der Waals surface area contributed by atoms with Gasteiger partial charge in [-0.2, -0.15) is 0 Å². The first kappa shape index (κ1) is 16.4. The summed E-state index contributed by atoms with van der Waals surface area (Å²) in [5, 5.41) is 10.1. The normalized spacial score (nSPS) is 11.4. The number of aryl methyl sites for hydroxylation is 1. The van der Waals surface area contributed by atoms with E-state index >= 15 is 0 Å². The van der Waals surface area contributed by atoms with Crippen LogP contribution in [-0.2, 0) is 13.7 Å². The summed E-state index contributed by atoms with van der Waals surface area (Å²) in [5.41, 5.74) is 2.46. The molecule has 0 saturated heterocycles. The summed E-state index contributed by atoms with van der Waals surface area (Å²) >= 11 is 0. The number of benzene rings is 2. The van der Waals surface area contributed by atoms with Gasteiger partial charge in [-0.1, -0.05) is 29.5 Å². The van der Waals surface area contributed by atoms with E-state index in [2.05, 4.69) is 15.3 Å². The van der Waals surface area contributed by atoms with E-state index in [0.717, 1.165) is 27.5 Å². The predicted octanol–water partition coefficient (Wildman–Crippen LogP) is 4.00. The minimum atomic E-state index is -0.283. The molecule has 0 amide bonds. The first-order chi connectivity index (χ1) is 13.7. The van der Waals surface area contributed by atoms with Crippen LogP contribution in [-0.4, -0.2) is 24.4 Å². The maximum Gasteiger partial charge on any atom is 0.200 e. The van der Waals surface area contributed by atoms with Crippen LogP contribution >= 0.6 is 0 Å². The van der Waals surface area contributed by atoms with Crippen molar-refractivity contribution in [3.8, 4) is 17.3 Å². The predicted molar refractivity (Wildman–Crippen MR) is 103 cm³/mol. The van der Waals surface area contributed by atoms with Crippen molar-refractivity contribution in [2.24, 2.45) is 7.05 Å². The van der Waals surface area contributed by atoms with E-state index < -0.39 is 0 Å². The van der Waals surface area contributed by atoms with Gasteiger partial charge in [0.05, 0.1) is 17.9 Å². The summed E-state index contributed by atoms with van der Waals surface area (Å²) < 4.78 is 23.1. The topological polar surface area (TPSA) is 57.2 Å². The molecule has 3 heterocycles. The highest BCUT2D eigenvalue weighted by Gasteiger charge is 2.15. The van der Waals surface area contributed by atoms with Crippen LogP contribution in [0.25, 0.3) is 27.7 Å². The van der Waals surface area contributed by atoms with Gasteiger partial charge in [0.25, 0.3) is 0 Å². The summed E-state index contributed by atoms with van der Waals surface area (Å²) in [6.07, 6.45) is 3.63. The minimum Gasteiger partial charge on any atom is -0.472 e. The Morgan fingerprint density at radius 3 is 2.68 bits per heavy atom. The molecule has 0 aliphatic rings. The van der Waals surface area contributed by atoms with Crippen LogP contribution in [0.4, 0.5) is 4.39 Å². The maximum atomic E-state index is 13.4. The molecule has 28 heavy (non-hydrogen) atoms. The van der Waals surface area contributed by atoms with Crippen LogP contribution in [0.15, 0.2) is 67.0 Å². The van der Waals surface area contributed by atoms with E-state index in [-0.39, 0.29) is 12.4 Å². The second-order valence-electron chi connectivity index (χ2n) is 6.55. The van der Waals surface area contributed by atoms with Crippen molar-refractivity contribution in [3.05, 3.63) is 78.5 Å². The summed E-state index contributed by atoms with van der Waals surface area (Å²) in [4.78, 5) is 4.59. The van der Waals surface area contributed by atoms with E-state index in [1.54, 1.807) is 16.8 Å². The fourth-order valence-corrected chi connectivity index (χ4v) is 3.34. The lowest BCUT2D eigenvalue weighted by atomic mass is 10.1. The van der Waals surface area contributed by atoms with Gasteiger partial charge in [0.2, 0.25) is 5.88 Å². The van der Waals surface area contributed by atoms with Gasteiger partial charge in [0.15, 0.2) is 0 Å². The molecular weight excluding hydrogens is 357 g/mol. The molecule has 5 aromatic rings. The average Bonchev–Trinajstić information content (AvgIpc) is 3.33. The number of hydrogen-bond donors (Lipinski definition) is 0. The Labute approximate surface area is 159 Å². The molecule has 0 fully saturated rings. The van der Waals surface area contributed by atoms with E-state index in [1.165, 1.54) is 12.1 Å². The number of fused-ring (bicyclic) bond motifs is 3. The van der Waals surface area contributed by atoms with Crippen molar-refractivity contribution in [2.45, 2.75) is 6.61 Å². The summed E-state index contributed by atoms with van der Waals surface area (Å²) in [7, 11) is 1.81. The lowest BCUT2D eigenvalue weighted by Gasteiger charge is -2.12. The number of nitrogens with zero attached hydrogens (tertiary/aromatic N) is 5. The number of halogens is 1. The molecule has 138 valence electrons. The minimum absolute atomic E-state index is 0.280. The molecule has 5 rings (SSSR count). The Hall–Kier alpha value is -3.74. The lowest BCUT2D eigenvalue weighted by molar-refractivity contribution is 0.286. The number of imidazole rings is 1. The molecule has 0 unspecified atom stereocenters. The molecule has 0 aliphatic heterocycles. The third-order valence-electron chi connectivity index (χ3n) is 4.62. The van der Waals surface area contributed by atoms with Gasteiger partial charge < -0.3 is 4.74 Å². The van der Waals surface area contributed by atoms with Crippen LogP contribution in [0.1, 0.15) is 5.69 Å². The molecule has 0 spiro atoms. The lowest BCUT2D eigenvalue weighted by Crippen LogP contribution is -2.02. The van der Waals surface area contributed by atoms with Crippen LogP contribution in [0.2, 0.25) is 0 Å². The highest BCUT2D eigenvalue weighted by molar-refractivity contribution is 5.97. The van der Waals surface area contributed by atoms with Gasteiger partial charge >= 0.3 is 0 Å². The Morgan fingerprint density at radius 1 is 1.07 bits per heavy atom. The fraction of sp³-hybridized carbons (Fsp3) is 0.0952. The van der Waals surface area contributed by atoms with E-state index in [1.807, 2.05) is 54.2 Å². The van der Waals surface area contributed by atoms with E-state index in [9.17, 15) is 4.39 Å². The van der Waals surface area contributed by atoms with Crippen molar-refractivity contribution in [1.82, 2.24) is 24.4 Å². The summed E-state index contributed by atoms with van der Waals surface area (Å²) in [5.74, 6) is 1.04. The Bertz CT molecular complexity index is 1290. The quantitative estimate of drug-likeness (QED) is 0.478. The molecule has 6 nitrogen and oxygen atoms in total. The van der Waals surface area contributed by atoms with Crippen LogP contribution in [0.3, 0.4) is 0 Å². The molecule has 0 N–H and O–H groups in total. The molecule has 7 heteroatoms. The van der Waals surface area contributed by atoms with Gasteiger partial charge in [0, 0.05) is 24.1 Å². The van der Waals surface area contributed by atoms with Crippen molar-refractivity contribution in [2.75, 3.05) is 0 Å². The van der Waals surface area contributed by atoms with Crippen molar-refractivity contribution in [1.29, 1.82) is 0 Å². The molecule has 3 aromatic heterocycles. The fourth-order valence-electron chi connectivity index (χ4n) is 3.34. The van der Waals surface area contributed by atoms with Gasteiger partial charge in [-0.15, -0.1) is 5.10 Å². The number of hydrogen-bond acceptors (Lipinski definition) is 4. The molecule has 0 atom stereocenters. The van der Waals surface area contributed by atoms with E-state index in [0.29, 0.717) is 11.7 Å². The molecule has 0 bridgehead atoms. The first-order valence-corrected chi connectivity index (χ1v) is 8.82. The summed E-state index contributed by atoms with van der Waals surface area (Å²) in [6, 6.07) is 16.3. The Balaban J connectivity index is 1.68. The smallest absolute Gasteiger partial charge is 0.200 e. The number of rotatable bonds is 4. The third kappa shape index (κ3) is 2.77. The van der Waals surface area contributed by atoms with Crippen molar-refractivity contribution >= 4 is 16.3 Å². The number of pyridine rings is 1. The zero-order valence-electron chi connectivity index (χ0n) is 15.1. The first-order valence-electron chi connectivity index (χ1n) is 8.82. The van der Waals surface area contributed by atoms with Crippen molar-refractivity contribution < 1.29 is 9.13 Å². The van der Waals surface area contributed by atoms with Gasteiger partial charge in [0.1, 0.15) is 23.9 Å². The Morgan fingerprint density at radius 2 is 1.89 bits per heavy atom. The van der Waals surface area contributed by atoms with Gasteiger partial charge in [-0.3, -0.25) is 9.08 Å². The van der Waals surface area contributed by atoms with Crippen LogP contribution in [0.5, 0.6) is 5.88 Å². The molecule has 2 aromatic carbocycles. The SMILES string of the molecule is Cn1cc(COc2cc3ccccc3c3cnc(-c4ccc(F)cc4)n23)nn1. The molecule has 0 aliphatic carbocycles. The van der Waals surface area contributed by atoms with Crippen LogP contribution in [0, 0.1) is 5.82 Å². The summed E-state index contributed by atoms with van der Waals surface area (Å²) in [6.45, 7) is 0.280. The third-order valence-corrected chi connectivity index (χ3v) is 4.62. The number of ether oxygens (including phenoxy) is 1. The van der Waals surface area contributed by atoms with Gasteiger partial charge in [-0.25, -0.2) is 9.37 Å². The standard InChI is InChI=1S/C21H16FN5O/c1-26-12-17(24-25-26)13-28-20-10-15-4-2-3-5-18(15)19-11-23-21(27(19)20)14-6-8-16(22)9-7-14/h2-12H,13H2,1H3. The second-order valence-corrected chi connectivity index (χ2v) is 6.55. The molecule has 0 radical (unpaired) electrons. The Kier molecular flexibility index (Phi) is 3.79. The zero-order chi connectivity index (χ0) is 19.1. The van der Waals surface area contributed by atoms with Gasteiger partial charge in [-0.05, 0) is 29.7 Å². The molecule has 0 saturated carbocycles. The van der Waals surface area contributed by atoms with Crippen LogP contribution < -0.4 is 4.74 Å².